The standard InChI is InChI=1S/C18H22N2O3/c1-13-5-4-6-14(9-13)11-19-12-18(21)20-15-7-8-16(22-2)17(10-15)23-3/h4-10,19H,11-12H2,1-3H3,(H,20,21). The van der Waals surface area contributed by atoms with Gasteiger partial charge >= 0.3 is 0 Å². The Morgan fingerprint density at radius 2 is 1.83 bits per heavy atom. The molecule has 0 saturated heterocycles. The van der Waals surface area contributed by atoms with Crippen molar-refractivity contribution >= 4 is 11.6 Å². The number of nitrogens with one attached hydrogen (secondary N) is 2. The SMILES string of the molecule is COc1ccc(NC(=O)CNCc2cccc(C)c2)cc1OC. The molecule has 0 aliphatic rings. The Balaban J connectivity index is 1.85. The smallest absolute Gasteiger partial charge is 0.238 e. The molecule has 1 amide bonds. The van der Waals surface area contributed by atoms with Crippen molar-refractivity contribution in [2.75, 3.05) is 26.1 Å². The summed E-state index contributed by atoms with van der Waals surface area (Å²) in [4.78, 5) is 12.0. The first-order valence-corrected chi connectivity index (χ1v) is 7.40. The summed E-state index contributed by atoms with van der Waals surface area (Å²) in [6, 6.07) is 13.5. The molecule has 0 aromatic heterocycles. The normalized spacial score (nSPS) is 10.2. The number of carbonyl (C=O) groups is 1. The molecular weight excluding hydrogens is 292 g/mol. The van der Waals surface area contributed by atoms with E-state index in [1.807, 2.05) is 25.1 Å². The van der Waals surface area contributed by atoms with Gasteiger partial charge in [-0.15, -0.1) is 0 Å². The van der Waals surface area contributed by atoms with E-state index in [2.05, 4.69) is 16.7 Å². The zero-order chi connectivity index (χ0) is 16.7. The van der Waals surface area contributed by atoms with Gasteiger partial charge in [-0.2, -0.15) is 0 Å². The van der Waals surface area contributed by atoms with Gasteiger partial charge in [0.1, 0.15) is 0 Å². The zero-order valence-corrected chi connectivity index (χ0v) is 13.7. The molecule has 2 rings (SSSR count). The topological polar surface area (TPSA) is 59.6 Å². The summed E-state index contributed by atoms with van der Waals surface area (Å²) in [6.45, 7) is 2.94. The maximum Gasteiger partial charge on any atom is 0.238 e. The Labute approximate surface area is 136 Å². The lowest BCUT2D eigenvalue weighted by atomic mass is 10.1. The van der Waals surface area contributed by atoms with Gasteiger partial charge in [-0.1, -0.05) is 29.8 Å². The second-order valence-electron chi connectivity index (χ2n) is 5.21. The van der Waals surface area contributed by atoms with Crippen molar-refractivity contribution in [2.24, 2.45) is 0 Å². The van der Waals surface area contributed by atoms with E-state index in [1.165, 1.54) is 5.56 Å². The van der Waals surface area contributed by atoms with Crippen LogP contribution in [-0.2, 0) is 11.3 Å². The first kappa shape index (κ1) is 16.8. The summed E-state index contributed by atoms with van der Waals surface area (Å²) in [5.74, 6) is 1.10. The molecule has 0 aliphatic carbocycles. The molecule has 23 heavy (non-hydrogen) atoms. The van der Waals surface area contributed by atoms with Crippen LogP contribution in [0.25, 0.3) is 0 Å². The van der Waals surface area contributed by atoms with Crippen LogP contribution in [0.3, 0.4) is 0 Å². The predicted octanol–water partition coefficient (Wildman–Crippen LogP) is 2.74. The van der Waals surface area contributed by atoms with E-state index < -0.39 is 0 Å². The van der Waals surface area contributed by atoms with Gasteiger partial charge in [0, 0.05) is 18.3 Å². The molecular formula is C18H22N2O3. The van der Waals surface area contributed by atoms with E-state index in [4.69, 9.17) is 9.47 Å². The van der Waals surface area contributed by atoms with Crippen LogP contribution < -0.4 is 20.1 Å². The summed E-state index contributed by atoms with van der Waals surface area (Å²) in [7, 11) is 3.14. The number of rotatable bonds is 7. The van der Waals surface area contributed by atoms with Crippen LogP contribution in [0.15, 0.2) is 42.5 Å². The second kappa shape index (κ2) is 8.19. The molecule has 0 radical (unpaired) electrons. The minimum absolute atomic E-state index is 0.107. The highest BCUT2D eigenvalue weighted by Gasteiger charge is 2.07. The van der Waals surface area contributed by atoms with Crippen LogP contribution in [-0.4, -0.2) is 26.7 Å². The van der Waals surface area contributed by atoms with Crippen LogP contribution in [0.1, 0.15) is 11.1 Å². The largest absolute Gasteiger partial charge is 0.493 e. The van der Waals surface area contributed by atoms with Crippen molar-refractivity contribution in [3.8, 4) is 11.5 Å². The van der Waals surface area contributed by atoms with Gasteiger partial charge < -0.3 is 20.1 Å². The highest BCUT2D eigenvalue weighted by atomic mass is 16.5. The Morgan fingerprint density at radius 3 is 2.52 bits per heavy atom. The molecule has 0 saturated carbocycles. The van der Waals surface area contributed by atoms with Crippen molar-refractivity contribution < 1.29 is 14.3 Å². The van der Waals surface area contributed by atoms with Gasteiger partial charge in [0.2, 0.25) is 5.91 Å². The van der Waals surface area contributed by atoms with Crippen molar-refractivity contribution in [3.63, 3.8) is 0 Å². The lowest BCUT2D eigenvalue weighted by Crippen LogP contribution is -2.27. The molecule has 0 heterocycles. The average molecular weight is 314 g/mol. The van der Waals surface area contributed by atoms with Crippen LogP contribution in [0.5, 0.6) is 11.5 Å². The fraction of sp³-hybridized carbons (Fsp3) is 0.278. The van der Waals surface area contributed by atoms with E-state index in [0.29, 0.717) is 23.7 Å². The number of ether oxygens (including phenoxy) is 2. The molecule has 122 valence electrons. The highest BCUT2D eigenvalue weighted by Crippen LogP contribution is 2.29. The molecule has 0 atom stereocenters. The Kier molecular flexibility index (Phi) is 6.00. The highest BCUT2D eigenvalue weighted by molar-refractivity contribution is 5.92. The fourth-order valence-electron chi connectivity index (χ4n) is 2.26. The fourth-order valence-corrected chi connectivity index (χ4v) is 2.26. The van der Waals surface area contributed by atoms with Crippen LogP contribution >= 0.6 is 0 Å². The molecule has 0 unspecified atom stereocenters. The zero-order valence-electron chi connectivity index (χ0n) is 13.7. The Morgan fingerprint density at radius 1 is 1.04 bits per heavy atom. The van der Waals surface area contributed by atoms with Gasteiger partial charge in [0.05, 0.1) is 20.8 Å². The Hall–Kier alpha value is -2.53. The number of carbonyl (C=O) groups excluding carboxylic acids is 1. The molecule has 0 spiro atoms. The second-order valence-corrected chi connectivity index (χ2v) is 5.21. The molecule has 0 bridgehead atoms. The summed E-state index contributed by atoms with van der Waals surface area (Å²) in [5.41, 5.74) is 3.04. The number of hydrogen-bond donors (Lipinski definition) is 2. The van der Waals surface area contributed by atoms with Gasteiger partial charge in [-0.25, -0.2) is 0 Å². The van der Waals surface area contributed by atoms with Crippen LogP contribution in [0.4, 0.5) is 5.69 Å². The molecule has 5 nitrogen and oxygen atoms in total. The van der Waals surface area contributed by atoms with E-state index in [-0.39, 0.29) is 12.5 Å². The predicted molar refractivity (Wildman–Crippen MR) is 91.1 cm³/mol. The van der Waals surface area contributed by atoms with E-state index in [0.717, 1.165) is 5.56 Å². The third-order valence-electron chi connectivity index (χ3n) is 3.36. The van der Waals surface area contributed by atoms with Gasteiger partial charge in [0.25, 0.3) is 0 Å². The van der Waals surface area contributed by atoms with Crippen LogP contribution in [0.2, 0.25) is 0 Å². The van der Waals surface area contributed by atoms with E-state index in [9.17, 15) is 4.79 Å². The molecule has 0 fully saturated rings. The summed E-state index contributed by atoms with van der Waals surface area (Å²) in [5, 5.41) is 5.96. The number of methoxy groups -OCH3 is 2. The van der Waals surface area contributed by atoms with Crippen LogP contribution in [0, 0.1) is 6.92 Å². The third kappa shape index (κ3) is 5.00. The molecule has 0 aliphatic heterocycles. The number of benzene rings is 2. The maximum absolute atomic E-state index is 12.0. The molecule has 5 heteroatoms. The van der Waals surface area contributed by atoms with E-state index in [1.54, 1.807) is 32.4 Å². The van der Waals surface area contributed by atoms with Gasteiger partial charge in [-0.05, 0) is 24.6 Å². The molecule has 2 N–H and O–H groups in total. The van der Waals surface area contributed by atoms with Gasteiger partial charge in [-0.3, -0.25) is 4.79 Å². The summed E-state index contributed by atoms with van der Waals surface area (Å²) < 4.78 is 10.4. The molecule has 2 aromatic carbocycles. The number of anilines is 1. The minimum atomic E-state index is -0.107. The van der Waals surface area contributed by atoms with Crippen molar-refractivity contribution in [3.05, 3.63) is 53.6 Å². The van der Waals surface area contributed by atoms with Crippen molar-refractivity contribution in [2.45, 2.75) is 13.5 Å². The first-order valence-electron chi connectivity index (χ1n) is 7.40. The summed E-state index contributed by atoms with van der Waals surface area (Å²) in [6.07, 6.45) is 0. The van der Waals surface area contributed by atoms with Crippen molar-refractivity contribution in [1.29, 1.82) is 0 Å². The Bertz CT molecular complexity index is 671. The molecule has 2 aromatic rings. The summed E-state index contributed by atoms with van der Waals surface area (Å²) >= 11 is 0. The number of hydrogen-bond acceptors (Lipinski definition) is 4. The maximum atomic E-state index is 12.0. The quantitative estimate of drug-likeness (QED) is 0.825. The van der Waals surface area contributed by atoms with E-state index >= 15 is 0 Å². The average Bonchev–Trinajstić information content (AvgIpc) is 2.54. The lowest BCUT2D eigenvalue weighted by Gasteiger charge is -2.11. The van der Waals surface area contributed by atoms with Gasteiger partial charge in [0.15, 0.2) is 11.5 Å². The number of amides is 1. The minimum Gasteiger partial charge on any atom is -0.493 e. The van der Waals surface area contributed by atoms with Crippen molar-refractivity contribution in [1.82, 2.24) is 5.32 Å². The third-order valence-corrected chi connectivity index (χ3v) is 3.36. The number of aryl methyl sites for hydroxylation is 1. The first-order chi connectivity index (χ1) is 11.1. The monoisotopic (exact) mass is 314 g/mol. The lowest BCUT2D eigenvalue weighted by molar-refractivity contribution is -0.115.